The van der Waals surface area contributed by atoms with Crippen LogP contribution in [0.4, 0.5) is 0 Å². The van der Waals surface area contributed by atoms with E-state index in [1.54, 1.807) is 0 Å². The maximum absolute atomic E-state index is 2.38. The Morgan fingerprint density at radius 1 is 0.323 bits per heavy atom. The van der Waals surface area contributed by atoms with Gasteiger partial charge in [0.1, 0.15) is 0 Å². The lowest BCUT2D eigenvalue weighted by Gasteiger charge is -2.08. The third-order valence-corrected chi connectivity index (χ3v) is 6.54. The van der Waals surface area contributed by atoms with Crippen molar-refractivity contribution in [2.75, 3.05) is 0 Å². The number of rotatable bonds is 15. The molecule has 0 fully saturated rings. The molecule has 0 heteroatoms. The summed E-state index contributed by atoms with van der Waals surface area (Å²) in [5.74, 6) is 3.82. The number of hydrogen-bond donors (Lipinski definition) is 0. The topological polar surface area (TPSA) is 0 Å². The Kier molecular flexibility index (Phi) is 42.7. The standard InChI is InChI=1S/C10H22.C8H18.C7H16.C6H14/c1-4-6-8-10(3)9-7-5-2;1-4-6-8(3)7-5-2;1-4-6-7(3)5-2;1-4-6(3)5-2/h10H,4-9H2,1-3H3;8H,4-7H2,1-3H3;7H,4-6H2,1-3H3;6H,4-5H2,1-3H3. The highest BCUT2D eigenvalue weighted by atomic mass is 14.0. The van der Waals surface area contributed by atoms with Crippen LogP contribution in [0.15, 0.2) is 0 Å². The Bertz CT molecular complexity index is 239. The van der Waals surface area contributed by atoms with E-state index in [2.05, 4.69) is 83.1 Å². The van der Waals surface area contributed by atoms with Crippen LogP contribution < -0.4 is 0 Å². The smallest absolute Gasteiger partial charge is 0.0443 e. The highest BCUT2D eigenvalue weighted by Crippen LogP contribution is 2.14. The molecule has 0 aromatic rings. The molecule has 0 radical (unpaired) electrons. The molecule has 0 bridgehead atoms. The van der Waals surface area contributed by atoms with Crippen LogP contribution in [0.5, 0.6) is 0 Å². The van der Waals surface area contributed by atoms with Crippen LogP contribution in [0.25, 0.3) is 0 Å². The first-order valence-electron chi connectivity index (χ1n) is 14.7. The lowest BCUT2D eigenvalue weighted by atomic mass is 9.98. The summed E-state index contributed by atoms with van der Waals surface area (Å²) >= 11 is 0. The molecule has 0 aliphatic carbocycles. The van der Waals surface area contributed by atoms with E-state index < -0.39 is 0 Å². The van der Waals surface area contributed by atoms with Crippen molar-refractivity contribution in [3.05, 3.63) is 0 Å². The lowest BCUT2D eigenvalue weighted by Crippen LogP contribution is -1.93. The van der Waals surface area contributed by atoms with E-state index in [-0.39, 0.29) is 0 Å². The maximum atomic E-state index is 2.38. The Morgan fingerprint density at radius 3 is 0.806 bits per heavy atom. The second kappa shape index (κ2) is 34.6. The molecule has 0 aromatic heterocycles. The van der Waals surface area contributed by atoms with E-state index in [1.165, 1.54) is 96.3 Å². The molecule has 0 spiro atoms. The monoisotopic (exact) mass is 443 g/mol. The van der Waals surface area contributed by atoms with Gasteiger partial charge in [0.05, 0.1) is 0 Å². The van der Waals surface area contributed by atoms with E-state index in [1.807, 2.05) is 0 Å². The zero-order valence-corrected chi connectivity index (χ0v) is 24.9. The van der Waals surface area contributed by atoms with Gasteiger partial charge in [-0.1, -0.05) is 179 Å². The van der Waals surface area contributed by atoms with Gasteiger partial charge >= 0.3 is 0 Å². The fourth-order valence-electron chi connectivity index (χ4n) is 3.37. The normalized spacial score (nSPS) is 11.3. The predicted octanol–water partition coefficient (Wildman–Crippen LogP) is 12.5. The molecule has 1 unspecified atom stereocenters. The van der Waals surface area contributed by atoms with E-state index >= 15 is 0 Å². The second-order valence-corrected chi connectivity index (χ2v) is 10.3. The van der Waals surface area contributed by atoms with E-state index in [4.69, 9.17) is 0 Å². The second-order valence-electron chi connectivity index (χ2n) is 10.3. The van der Waals surface area contributed by atoms with Crippen molar-refractivity contribution in [3.8, 4) is 0 Å². The van der Waals surface area contributed by atoms with Gasteiger partial charge in [0.25, 0.3) is 0 Å². The van der Waals surface area contributed by atoms with Crippen LogP contribution in [0.1, 0.15) is 179 Å². The third-order valence-electron chi connectivity index (χ3n) is 6.54. The minimum absolute atomic E-state index is 0.935. The Labute approximate surface area is 203 Å². The zero-order valence-electron chi connectivity index (χ0n) is 24.9. The lowest BCUT2D eigenvalue weighted by molar-refractivity contribution is 0.454. The summed E-state index contributed by atoms with van der Waals surface area (Å²) in [7, 11) is 0. The molecule has 194 valence electrons. The van der Waals surface area contributed by atoms with Gasteiger partial charge < -0.3 is 0 Å². The molecule has 0 aliphatic heterocycles. The molecule has 1 atom stereocenters. The molecule has 0 saturated heterocycles. The fourth-order valence-corrected chi connectivity index (χ4v) is 3.37. The van der Waals surface area contributed by atoms with E-state index in [9.17, 15) is 0 Å². The maximum Gasteiger partial charge on any atom is -0.0443 e. The summed E-state index contributed by atoms with van der Waals surface area (Å²) in [5.41, 5.74) is 0. The molecule has 0 saturated carbocycles. The van der Waals surface area contributed by atoms with Crippen LogP contribution in [0.3, 0.4) is 0 Å². The van der Waals surface area contributed by atoms with Gasteiger partial charge in [0.15, 0.2) is 0 Å². The average molecular weight is 443 g/mol. The minimum Gasteiger partial charge on any atom is -0.0654 e. The molecular weight excluding hydrogens is 372 g/mol. The molecule has 0 aliphatic rings. The summed E-state index contributed by atoms with van der Waals surface area (Å²) in [6, 6.07) is 0. The summed E-state index contributed by atoms with van der Waals surface area (Å²) < 4.78 is 0. The van der Waals surface area contributed by atoms with E-state index in [0.717, 1.165) is 23.7 Å². The molecule has 0 amide bonds. The van der Waals surface area contributed by atoms with Crippen LogP contribution in [0.2, 0.25) is 0 Å². The molecule has 0 aromatic carbocycles. The van der Waals surface area contributed by atoms with Crippen molar-refractivity contribution in [2.24, 2.45) is 23.7 Å². The Hall–Kier alpha value is 0. The van der Waals surface area contributed by atoms with Gasteiger partial charge in [0.2, 0.25) is 0 Å². The van der Waals surface area contributed by atoms with Crippen LogP contribution >= 0.6 is 0 Å². The van der Waals surface area contributed by atoms with Gasteiger partial charge in [-0.2, -0.15) is 0 Å². The van der Waals surface area contributed by atoms with Crippen molar-refractivity contribution in [2.45, 2.75) is 179 Å². The van der Waals surface area contributed by atoms with Crippen LogP contribution in [-0.4, -0.2) is 0 Å². The molecular formula is C31H70. The highest BCUT2D eigenvalue weighted by Gasteiger charge is 1.99. The van der Waals surface area contributed by atoms with Gasteiger partial charge in [-0.15, -0.1) is 0 Å². The summed E-state index contributed by atoms with van der Waals surface area (Å²) in [5, 5.41) is 0. The van der Waals surface area contributed by atoms with E-state index in [0.29, 0.717) is 0 Å². The van der Waals surface area contributed by atoms with Gasteiger partial charge in [-0.05, 0) is 23.7 Å². The van der Waals surface area contributed by atoms with Crippen molar-refractivity contribution in [3.63, 3.8) is 0 Å². The van der Waals surface area contributed by atoms with Crippen LogP contribution in [0, 0.1) is 23.7 Å². The largest absolute Gasteiger partial charge is 0.0654 e. The molecule has 31 heavy (non-hydrogen) atoms. The molecule has 0 nitrogen and oxygen atoms in total. The van der Waals surface area contributed by atoms with Gasteiger partial charge in [-0.25, -0.2) is 0 Å². The van der Waals surface area contributed by atoms with Crippen molar-refractivity contribution in [1.82, 2.24) is 0 Å². The SMILES string of the molecule is CCC(C)CC.CCCC(C)CC.CCCC(C)CCC.CCCCC(C)CCCC. The minimum atomic E-state index is 0.935. The fraction of sp³-hybridized carbons (Fsp3) is 1.00. The quantitative estimate of drug-likeness (QED) is 0.236. The van der Waals surface area contributed by atoms with Gasteiger partial charge in [-0.3, -0.25) is 0 Å². The molecule has 0 N–H and O–H groups in total. The average Bonchev–Trinajstić information content (AvgIpc) is 2.77. The zero-order chi connectivity index (χ0) is 24.9. The highest BCUT2D eigenvalue weighted by molar-refractivity contribution is 4.52. The Balaban J connectivity index is -0.000000160. The van der Waals surface area contributed by atoms with Crippen molar-refractivity contribution < 1.29 is 0 Å². The third kappa shape index (κ3) is 44.5. The first-order chi connectivity index (χ1) is 14.7. The first-order valence-corrected chi connectivity index (χ1v) is 14.7. The summed E-state index contributed by atoms with van der Waals surface area (Å²) in [4.78, 5) is 0. The number of unbranched alkanes of at least 4 members (excludes halogenated alkanes) is 2. The Morgan fingerprint density at radius 2 is 0.613 bits per heavy atom. The summed E-state index contributed by atoms with van der Waals surface area (Å²) in [6.45, 7) is 27.3. The van der Waals surface area contributed by atoms with Crippen molar-refractivity contribution >= 4 is 0 Å². The van der Waals surface area contributed by atoms with Crippen LogP contribution in [-0.2, 0) is 0 Å². The molecule has 0 heterocycles. The summed E-state index contributed by atoms with van der Waals surface area (Å²) in [6.07, 6.45) is 20.7. The first kappa shape index (κ1) is 38.3. The predicted molar refractivity (Wildman–Crippen MR) is 151 cm³/mol. The molecule has 0 rings (SSSR count). The number of hydrogen-bond acceptors (Lipinski definition) is 0. The van der Waals surface area contributed by atoms with Crippen molar-refractivity contribution in [1.29, 1.82) is 0 Å². The van der Waals surface area contributed by atoms with Gasteiger partial charge in [0, 0.05) is 0 Å².